The van der Waals surface area contributed by atoms with Crippen LogP contribution in [0.5, 0.6) is 5.75 Å². The monoisotopic (exact) mass is 257 g/mol. The lowest BCUT2D eigenvalue weighted by atomic mass is 9.79. The molecular formula is C11H16BrNO. The van der Waals surface area contributed by atoms with Crippen molar-refractivity contribution in [3.63, 3.8) is 0 Å². The van der Waals surface area contributed by atoms with Crippen LogP contribution >= 0.6 is 17.0 Å². The lowest BCUT2D eigenvalue weighted by Crippen LogP contribution is -2.38. The van der Waals surface area contributed by atoms with Crippen LogP contribution in [0.4, 0.5) is 0 Å². The number of rotatable bonds is 0. The highest BCUT2D eigenvalue weighted by Crippen LogP contribution is 2.33. The molecule has 0 amide bonds. The molecule has 0 atom stereocenters. The molecule has 0 unspecified atom stereocenters. The molecule has 2 N–H and O–H groups in total. The van der Waals surface area contributed by atoms with Gasteiger partial charge in [-0.15, -0.1) is 17.0 Å². The van der Waals surface area contributed by atoms with Gasteiger partial charge in [-0.1, -0.05) is 26.0 Å². The number of halogens is 1. The number of hydrogen-bond donors (Lipinski definition) is 2. The Morgan fingerprint density at radius 2 is 2.07 bits per heavy atom. The molecule has 1 heterocycles. The molecule has 0 saturated carbocycles. The lowest BCUT2D eigenvalue weighted by Gasteiger charge is -2.33. The largest absolute Gasteiger partial charge is 0.508 e. The van der Waals surface area contributed by atoms with Crippen molar-refractivity contribution < 1.29 is 5.11 Å². The third-order valence-corrected chi connectivity index (χ3v) is 2.75. The molecule has 0 fully saturated rings. The third kappa shape index (κ3) is 1.79. The zero-order valence-corrected chi connectivity index (χ0v) is 10.2. The van der Waals surface area contributed by atoms with E-state index in [2.05, 4.69) is 25.2 Å². The maximum Gasteiger partial charge on any atom is 0.120 e. The molecule has 0 aliphatic carbocycles. The molecule has 0 spiro atoms. The van der Waals surface area contributed by atoms with Gasteiger partial charge < -0.3 is 10.4 Å². The minimum Gasteiger partial charge on any atom is -0.508 e. The Kier molecular flexibility index (Phi) is 3.22. The van der Waals surface area contributed by atoms with Crippen molar-refractivity contribution in [2.75, 3.05) is 6.54 Å². The van der Waals surface area contributed by atoms with Crippen LogP contribution in [-0.2, 0) is 12.0 Å². The van der Waals surface area contributed by atoms with Gasteiger partial charge in [-0.3, -0.25) is 0 Å². The van der Waals surface area contributed by atoms with Crippen molar-refractivity contribution in [1.82, 2.24) is 5.32 Å². The predicted octanol–water partition coefficient (Wildman–Crippen LogP) is 2.35. The van der Waals surface area contributed by atoms with Gasteiger partial charge in [0.05, 0.1) is 0 Å². The van der Waals surface area contributed by atoms with E-state index in [4.69, 9.17) is 0 Å². The van der Waals surface area contributed by atoms with Gasteiger partial charge in [-0.2, -0.15) is 0 Å². The van der Waals surface area contributed by atoms with E-state index in [1.807, 2.05) is 6.07 Å². The fourth-order valence-electron chi connectivity index (χ4n) is 1.99. The molecule has 1 aliphatic heterocycles. The van der Waals surface area contributed by atoms with Gasteiger partial charge in [-0.05, 0) is 11.6 Å². The Morgan fingerprint density at radius 3 is 2.71 bits per heavy atom. The highest BCUT2D eigenvalue weighted by atomic mass is 79.9. The molecule has 78 valence electrons. The fraction of sp³-hybridized carbons (Fsp3) is 0.455. The summed E-state index contributed by atoms with van der Waals surface area (Å²) >= 11 is 0. The quantitative estimate of drug-likeness (QED) is 0.748. The molecule has 0 bridgehead atoms. The lowest BCUT2D eigenvalue weighted by molar-refractivity contribution is 0.409. The maximum atomic E-state index is 9.65. The van der Waals surface area contributed by atoms with Gasteiger partial charge in [0.15, 0.2) is 0 Å². The second-order valence-electron chi connectivity index (χ2n) is 4.29. The van der Waals surface area contributed by atoms with Crippen molar-refractivity contribution in [2.24, 2.45) is 0 Å². The topological polar surface area (TPSA) is 32.3 Å². The Labute approximate surface area is 95.1 Å². The predicted molar refractivity (Wildman–Crippen MR) is 63.2 cm³/mol. The second-order valence-corrected chi connectivity index (χ2v) is 4.29. The highest BCUT2D eigenvalue weighted by Gasteiger charge is 2.28. The number of nitrogens with one attached hydrogen (secondary N) is 1. The number of fused-ring (bicyclic) bond motifs is 1. The van der Waals surface area contributed by atoms with Gasteiger partial charge >= 0.3 is 0 Å². The minimum atomic E-state index is 0. The van der Waals surface area contributed by atoms with Crippen LogP contribution in [0.15, 0.2) is 18.2 Å². The summed E-state index contributed by atoms with van der Waals surface area (Å²) in [5.74, 6) is 0.415. The summed E-state index contributed by atoms with van der Waals surface area (Å²) < 4.78 is 0. The van der Waals surface area contributed by atoms with Crippen LogP contribution in [0.25, 0.3) is 0 Å². The van der Waals surface area contributed by atoms with E-state index < -0.39 is 0 Å². The van der Waals surface area contributed by atoms with Crippen LogP contribution in [0.2, 0.25) is 0 Å². The van der Waals surface area contributed by atoms with Crippen molar-refractivity contribution in [2.45, 2.75) is 25.8 Å². The summed E-state index contributed by atoms with van der Waals surface area (Å²) in [4.78, 5) is 0. The summed E-state index contributed by atoms with van der Waals surface area (Å²) in [5, 5.41) is 13.0. The van der Waals surface area contributed by atoms with E-state index in [9.17, 15) is 5.11 Å². The molecule has 3 heteroatoms. The molecule has 0 radical (unpaired) electrons. The van der Waals surface area contributed by atoms with Gasteiger partial charge in [0.1, 0.15) is 5.75 Å². The Balaban J connectivity index is 0.000000980. The van der Waals surface area contributed by atoms with Crippen LogP contribution in [-0.4, -0.2) is 11.7 Å². The Bertz CT molecular complexity index is 336. The average molecular weight is 258 g/mol. The first kappa shape index (κ1) is 11.5. The van der Waals surface area contributed by atoms with Crippen LogP contribution in [0, 0.1) is 0 Å². The van der Waals surface area contributed by atoms with E-state index in [1.165, 1.54) is 5.56 Å². The number of phenolic OH excluding ortho intramolecular Hbond substituents is 1. The molecule has 14 heavy (non-hydrogen) atoms. The number of hydrogen-bond acceptors (Lipinski definition) is 2. The zero-order chi connectivity index (χ0) is 9.47. The third-order valence-electron chi connectivity index (χ3n) is 2.75. The van der Waals surface area contributed by atoms with E-state index in [1.54, 1.807) is 6.07 Å². The summed E-state index contributed by atoms with van der Waals surface area (Å²) in [5.41, 5.74) is 2.46. The van der Waals surface area contributed by atoms with E-state index >= 15 is 0 Å². The van der Waals surface area contributed by atoms with E-state index in [0.717, 1.165) is 18.7 Å². The summed E-state index contributed by atoms with van der Waals surface area (Å²) in [7, 11) is 0. The Hall–Kier alpha value is -0.540. The summed E-state index contributed by atoms with van der Waals surface area (Å²) in [6.45, 7) is 6.14. The van der Waals surface area contributed by atoms with Crippen molar-refractivity contribution in [1.29, 1.82) is 0 Å². The highest BCUT2D eigenvalue weighted by molar-refractivity contribution is 8.93. The zero-order valence-electron chi connectivity index (χ0n) is 8.50. The molecule has 1 aromatic rings. The number of phenols is 1. The number of aromatic hydroxyl groups is 1. The molecule has 1 aromatic carbocycles. The van der Waals surface area contributed by atoms with Crippen molar-refractivity contribution in [3.8, 4) is 5.75 Å². The molecule has 1 aliphatic rings. The number of benzene rings is 1. The van der Waals surface area contributed by atoms with Gasteiger partial charge in [0, 0.05) is 24.1 Å². The standard InChI is InChI=1S/C11H15NO.BrH/c1-11(2)7-12-6-8-9(11)4-3-5-10(8)13;/h3-5,12-13H,6-7H2,1-2H3;1H. The Morgan fingerprint density at radius 1 is 1.36 bits per heavy atom. The first-order valence-corrected chi connectivity index (χ1v) is 4.63. The van der Waals surface area contributed by atoms with Gasteiger partial charge in [0.2, 0.25) is 0 Å². The maximum absolute atomic E-state index is 9.65. The van der Waals surface area contributed by atoms with Gasteiger partial charge in [0.25, 0.3) is 0 Å². The SMILES string of the molecule is Br.CC1(C)CNCc2c(O)cccc21. The van der Waals surface area contributed by atoms with E-state index in [0.29, 0.717) is 5.75 Å². The second kappa shape index (κ2) is 3.91. The van der Waals surface area contributed by atoms with Crippen molar-refractivity contribution in [3.05, 3.63) is 29.3 Å². The fourth-order valence-corrected chi connectivity index (χ4v) is 1.99. The van der Waals surface area contributed by atoms with Crippen LogP contribution in [0.3, 0.4) is 0 Å². The first-order valence-electron chi connectivity index (χ1n) is 4.63. The van der Waals surface area contributed by atoms with Crippen LogP contribution in [0.1, 0.15) is 25.0 Å². The minimum absolute atomic E-state index is 0. The first-order chi connectivity index (χ1) is 6.11. The van der Waals surface area contributed by atoms with Crippen molar-refractivity contribution >= 4 is 17.0 Å². The average Bonchev–Trinajstić information content (AvgIpc) is 2.06. The normalized spacial score (nSPS) is 18.1. The smallest absolute Gasteiger partial charge is 0.120 e. The van der Waals surface area contributed by atoms with Crippen LogP contribution < -0.4 is 5.32 Å². The molecule has 0 saturated heterocycles. The molecular weight excluding hydrogens is 242 g/mol. The molecule has 2 rings (SSSR count). The van der Waals surface area contributed by atoms with Gasteiger partial charge in [-0.25, -0.2) is 0 Å². The summed E-state index contributed by atoms with van der Waals surface area (Å²) in [6, 6.07) is 5.78. The summed E-state index contributed by atoms with van der Waals surface area (Å²) in [6.07, 6.45) is 0. The molecule has 0 aromatic heterocycles. The molecule has 2 nitrogen and oxygen atoms in total. The van der Waals surface area contributed by atoms with E-state index in [-0.39, 0.29) is 22.4 Å².